The minimum atomic E-state index is -0.433. The number of hydrogen-bond donors (Lipinski definition) is 1. The van der Waals surface area contributed by atoms with Crippen LogP contribution in [0.3, 0.4) is 0 Å². The number of pyridine rings is 1. The highest BCUT2D eigenvalue weighted by atomic mass is 32.1. The summed E-state index contributed by atoms with van der Waals surface area (Å²) in [4.78, 5) is 29.2. The van der Waals surface area contributed by atoms with Gasteiger partial charge >= 0.3 is 5.97 Å². The zero-order valence-corrected chi connectivity index (χ0v) is 18.1. The Morgan fingerprint density at radius 2 is 2.00 bits per heavy atom. The second kappa shape index (κ2) is 9.15. The molecular formula is C22H21N5O4S. The van der Waals surface area contributed by atoms with E-state index < -0.39 is 4.92 Å². The number of esters is 1. The van der Waals surface area contributed by atoms with E-state index in [0.717, 1.165) is 17.1 Å². The van der Waals surface area contributed by atoms with E-state index in [9.17, 15) is 14.9 Å². The molecule has 0 saturated carbocycles. The van der Waals surface area contributed by atoms with Gasteiger partial charge in [0.15, 0.2) is 5.11 Å². The maximum absolute atomic E-state index is 12.3. The number of rotatable bonds is 7. The lowest BCUT2D eigenvalue weighted by Crippen LogP contribution is -2.36. The molecular weight excluding hydrogens is 430 g/mol. The number of benzene rings is 1. The number of nitro benzene ring substituents is 1. The number of nitrogens with one attached hydrogen (secondary N) is 1. The quantitative estimate of drug-likeness (QED) is 0.253. The number of hydrogen-bond acceptors (Lipinski definition) is 6. The van der Waals surface area contributed by atoms with Gasteiger partial charge in [-0.2, -0.15) is 0 Å². The van der Waals surface area contributed by atoms with Crippen molar-refractivity contribution >= 4 is 29.0 Å². The first-order chi connectivity index (χ1) is 15.5. The van der Waals surface area contributed by atoms with Gasteiger partial charge in [0, 0.05) is 35.9 Å². The summed E-state index contributed by atoms with van der Waals surface area (Å²) in [5.41, 5.74) is 2.40. The number of carbonyl (C=O) groups excluding carboxylic acids is 1. The summed E-state index contributed by atoms with van der Waals surface area (Å²) in [6.45, 7) is 2.02. The Bertz CT molecular complexity index is 1130. The Balaban J connectivity index is 1.76. The normalized spacial score (nSPS) is 17.8. The highest BCUT2D eigenvalue weighted by Gasteiger charge is 2.42. The van der Waals surface area contributed by atoms with Crippen molar-refractivity contribution in [2.24, 2.45) is 0 Å². The largest absolute Gasteiger partial charge is 0.465 e. The van der Waals surface area contributed by atoms with Crippen molar-refractivity contribution in [3.63, 3.8) is 0 Å². The fourth-order valence-electron chi connectivity index (χ4n) is 3.85. The second-order valence-electron chi connectivity index (χ2n) is 7.14. The van der Waals surface area contributed by atoms with E-state index in [1.807, 2.05) is 41.1 Å². The van der Waals surface area contributed by atoms with E-state index in [2.05, 4.69) is 10.3 Å². The standard InChI is InChI=1S/C22H21N5O4S/c1-2-31-19(28)14-26-21(20(24-22(26)32)17-6-3-4-12-23-17)18-7-5-13-25(18)15-8-10-16(11-9-15)27(29)30/h3-13,20-21H,2,14H2,1H3,(H,24,32)/t20-,21-/m0/s1. The summed E-state index contributed by atoms with van der Waals surface area (Å²) >= 11 is 5.57. The summed E-state index contributed by atoms with van der Waals surface area (Å²) in [7, 11) is 0. The third kappa shape index (κ3) is 4.17. The third-order valence-electron chi connectivity index (χ3n) is 5.22. The van der Waals surface area contributed by atoms with Crippen molar-refractivity contribution in [1.82, 2.24) is 19.8 Å². The topological polar surface area (TPSA) is 103 Å². The minimum Gasteiger partial charge on any atom is -0.465 e. The molecule has 164 valence electrons. The minimum absolute atomic E-state index is 0.0148. The highest BCUT2D eigenvalue weighted by Crippen LogP contribution is 2.39. The molecule has 1 saturated heterocycles. The lowest BCUT2D eigenvalue weighted by Gasteiger charge is -2.28. The SMILES string of the molecule is CCOC(=O)CN1C(=S)N[C@@H](c2ccccn2)[C@@H]1c1cccn1-c1ccc([N+](=O)[O-])cc1. The summed E-state index contributed by atoms with van der Waals surface area (Å²) < 4.78 is 7.08. The van der Waals surface area contributed by atoms with Gasteiger partial charge in [-0.3, -0.25) is 19.9 Å². The van der Waals surface area contributed by atoms with Crippen LogP contribution < -0.4 is 5.32 Å². The molecule has 0 aliphatic carbocycles. The van der Waals surface area contributed by atoms with E-state index in [1.165, 1.54) is 12.1 Å². The molecule has 2 atom stereocenters. The molecule has 0 amide bonds. The van der Waals surface area contributed by atoms with Gasteiger partial charge in [0.25, 0.3) is 5.69 Å². The van der Waals surface area contributed by atoms with E-state index in [-0.39, 0.29) is 36.9 Å². The predicted molar refractivity (Wildman–Crippen MR) is 121 cm³/mol. The number of carbonyl (C=O) groups is 1. The van der Waals surface area contributed by atoms with Gasteiger partial charge in [-0.15, -0.1) is 0 Å². The third-order valence-corrected chi connectivity index (χ3v) is 5.58. The Hall–Kier alpha value is -3.79. The Morgan fingerprint density at radius 3 is 2.66 bits per heavy atom. The Morgan fingerprint density at radius 1 is 1.22 bits per heavy atom. The van der Waals surface area contributed by atoms with E-state index in [1.54, 1.807) is 30.2 Å². The molecule has 0 unspecified atom stereocenters. The second-order valence-corrected chi connectivity index (χ2v) is 7.52. The first-order valence-electron chi connectivity index (χ1n) is 10.1. The molecule has 4 rings (SSSR count). The summed E-state index contributed by atoms with van der Waals surface area (Å²) in [5.74, 6) is -0.378. The molecule has 0 bridgehead atoms. The maximum atomic E-state index is 12.3. The zero-order chi connectivity index (χ0) is 22.7. The summed E-state index contributed by atoms with van der Waals surface area (Å²) in [5, 5.41) is 14.7. The molecule has 0 spiro atoms. The van der Waals surface area contributed by atoms with Crippen LogP contribution in [0.25, 0.3) is 5.69 Å². The summed E-state index contributed by atoms with van der Waals surface area (Å²) in [6.07, 6.45) is 3.58. The molecule has 32 heavy (non-hydrogen) atoms. The average Bonchev–Trinajstić information content (AvgIpc) is 3.39. The Labute approximate surface area is 189 Å². The number of thiocarbonyl (C=S) groups is 1. The maximum Gasteiger partial charge on any atom is 0.325 e. The van der Waals surface area contributed by atoms with Gasteiger partial charge in [0.05, 0.1) is 29.3 Å². The molecule has 0 radical (unpaired) electrons. The number of ether oxygens (including phenoxy) is 1. The Kier molecular flexibility index (Phi) is 6.13. The lowest BCUT2D eigenvalue weighted by molar-refractivity contribution is -0.384. The van der Waals surface area contributed by atoms with Gasteiger partial charge in [-0.05, 0) is 55.5 Å². The van der Waals surface area contributed by atoms with Crippen LogP contribution in [0.4, 0.5) is 5.69 Å². The van der Waals surface area contributed by atoms with Crippen molar-refractivity contribution < 1.29 is 14.5 Å². The molecule has 3 aromatic rings. The molecule has 1 fully saturated rings. The number of nitro groups is 1. The molecule has 2 aromatic heterocycles. The average molecular weight is 452 g/mol. The highest BCUT2D eigenvalue weighted by molar-refractivity contribution is 7.80. The molecule has 1 aromatic carbocycles. The smallest absolute Gasteiger partial charge is 0.325 e. The number of nitrogens with zero attached hydrogens (tertiary/aromatic N) is 4. The molecule has 1 aliphatic heterocycles. The number of aromatic nitrogens is 2. The number of non-ortho nitro benzene ring substituents is 1. The molecule has 3 heterocycles. The van der Waals surface area contributed by atoms with Crippen LogP contribution in [0.1, 0.15) is 30.4 Å². The molecule has 1 N–H and O–H groups in total. The molecule has 1 aliphatic rings. The van der Waals surface area contributed by atoms with E-state index in [0.29, 0.717) is 5.11 Å². The van der Waals surface area contributed by atoms with Gasteiger partial charge in [0.2, 0.25) is 0 Å². The van der Waals surface area contributed by atoms with Crippen LogP contribution in [0.15, 0.2) is 67.0 Å². The summed E-state index contributed by atoms with van der Waals surface area (Å²) in [6, 6.07) is 15.1. The van der Waals surface area contributed by atoms with Crippen LogP contribution >= 0.6 is 12.2 Å². The van der Waals surface area contributed by atoms with Crippen molar-refractivity contribution in [1.29, 1.82) is 0 Å². The predicted octanol–water partition coefficient (Wildman–Crippen LogP) is 3.32. The van der Waals surface area contributed by atoms with Gasteiger partial charge < -0.3 is 19.5 Å². The first kappa shape index (κ1) is 21.4. The van der Waals surface area contributed by atoms with Gasteiger partial charge in [0.1, 0.15) is 6.54 Å². The van der Waals surface area contributed by atoms with Crippen molar-refractivity contribution in [3.05, 3.63) is 88.5 Å². The van der Waals surface area contributed by atoms with Crippen LogP contribution in [-0.2, 0) is 9.53 Å². The van der Waals surface area contributed by atoms with Crippen LogP contribution in [0.2, 0.25) is 0 Å². The molecule has 9 nitrogen and oxygen atoms in total. The van der Waals surface area contributed by atoms with Crippen molar-refractivity contribution in [2.75, 3.05) is 13.2 Å². The van der Waals surface area contributed by atoms with Gasteiger partial charge in [-0.1, -0.05) is 6.07 Å². The monoisotopic (exact) mass is 451 g/mol. The van der Waals surface area contributed by atoms with Crippen LogP contribution in [0.5, 0.6) is 0 Å². The fourth-order valence-corrected chi connectivity index (χ4v) is 4.15. The van der Waals surface area contributed by atoms with Gasteiger partial charge in [-0.25, -0.2) is 0 Å². The van der Waals surface area contributed by atoms with Crippen LogP contribution in [0, 0.1) is 10.1 Å². The zero-order valence-electron chi connectivity index (χ0n) is 17.2. The van der Waals surface area contributed by atoms with E-state index >= 15 is 0 Å². The first-order valence-corrected chi connectivity index (χ1v) is 10.5. The fraction of sp³-hybridized carbons (Fsp3) is 0.227. The van der Waals surface area contributed by atoms with Crippen molar-refractivity contribution in [2.45, 2.75) is 19.0 Å². The van der Waals surface area contributed by atoms with Crippen LogP contribution in [-0.4, -0.2) is 43.6 Å². The van der Waals surface area contributed by atoms with E-state index in [4.69, 9.17) is 17.0 Å². The lowest BCUT2D eigenvalue weighted by atomic mass is 10.0. The van der Waals surface area contributed by atoms with Crippen molar-refractivity contribution in [3.8, 4) is 5.69 Å². The molecule has 10 heteroatoms.